The van der Waals surface area contributed by atoms with Crippen molar-refractivity contribution in [2.75, 3.05) is 13.2 Å². The van der Waals surface area contributed by atoms with Crippen molar-refractivity contribution >= 4 is 36.3 Å². The normalized spacial score (nSPS) is 17.8. The van der Waals surface area contributed by atoms with E-state index in [1.54, 1.807) is 5.48 Å². The van der Waals surface area contributed by atoms with Gasteiger partial charge in [-0.1, -0.05) is 0 Å². The summed E-state index contributed by atoms with van der Waals surface area (Å²) in [5.74, 6) is -1.39. The highest BCUT2D eigenvalue weighted by Gasteiger charge is 2.36. The molecule has 9 nitrogen and oxygen atoms in total. The molecule has 1 rings (SSSR count). The Morgan fingerprint density at radius 3 is 2.36 bits per heavy atom. The smallest absolute Gasteiger partial charge is 0.243 e. The molecule has 0 aromatic carbocycles. The monoisotopic (exact) mass is 417 g/mol. The van der Waals surface area contributed by atoms with Crippen LogP contribution in [0.25, 0.3) is 0 Å². The van der Waals surface area contributed by atoms with Gasteiger partial charge in [-0.3, -0.25) is 29.3 Å². The van der Waals surface area contributed by atoms with E-state index in [0.29, 0.717) is 19.4 Å². The SMILES string of the molecule is CC(C)(CCOC(C)(C)CCC(=O)NO)NC(=O)CCN1C(=O)CC(S)C1=O. The van der Waals surface area contributed by atoms with E-state index in [1.807, 2.05) is 27.7 Å². The van der Waals surface area contributed by atoms with Crippen molar-refractivity contribution < 1.29 is 29.1 Å². The molecule has 1 heterocycles. The molecule has 0 spiro atoms. The minimum atomic E-state index is -0.615. The summed E-state index contributed by atoms with van der Waals surface area (Å²) in [6.45, 7) is 7.83. The zero-order valence-electron chi connectivity index (χ0n) is 16.9. The van der Waals surface area contributed by atoms with Crippen molar-refractivity contribution in [3.05, 3.63) is 0 Å². The zero-order chi connectivity index (χ0) is 21.5. The first-order valence-electron chi connectivity index (χ1n) is 9.27. The van der Waals surface area contributed by atoms with Gasteiger partial charge >= 0.3 is 0 Å². The quantitative estimate of drug-likeness (QED) is 0.171. The van der Waals surface area contributed by atoms with Crippen molar-refractivity contribution in [1.82, 2.24) is 15.7 Å². The van der Waals surface area contributed by atoms with Gasteiger partial charge in [0, 0.05) is 38.0 Å². The van der Waals surface area contributed by atoms with E-state index in [2.05, 4.69) is 17.9 Å². The third-order valence-electron chi connectivity index (χ3n) is 4.56. The summed E-state index contributed by atoms with van der Waals surface area (Å²) >= 11 is 4.05. The lowest BCUT2D eigenvalue weighted by atomic mass is 9.99. The Hall–Kier alpha value is -1.65. The fourth-order valence-corrected chi connectivity index (χ4v) is 3.04. The number of likely N-dealkylation sites (tertiary alicyclic amines) is 1. The van der Waals surface area contributed by atoms with Crippen LogP contribution < -0.4 is 10.8 Å². The average molecular weight is 418 g/mol. The lowest BCUT2D eigenvalue weighted by Crippen LogP contribution is -2.46. The van der Waals surface area contributed by atoms with Crippen LogP contribution in [0.3, 0.4) is 0 Å². The summed E-state index contributed by atoms with van der Waals surface area (Å²) in [4.78, 5) is 47.9. The zero-order valence-corrected chi connectivity index (χ0v) is 17.8. The van der Waals surface area contributed by atoms with E-state index in [1.165, 1.54) is 0 Å². The van der Waals surface area contributed by atoms with Crippen molar-refractivity contribution in [3.8, 4) is 0 Å². The van der Waals surface area contributed by atoms with E-state index in [0.717, 1.165) is 4.90 Å². The van der Waals surface area contributed by atoms with Crippen molar-refractivity contribution in [2.45, 2.75) is 76.2 Å². The molecule has 1 aliphatic heterocycles. The fourth-order valence-electron chi connectivity index (χ4n) is 2.74. The van der Waals surface area contributed by atoms with E-state index < -0.39 is 22.3 Å². The van der Waals surface area contributed by atoms with Crippen LogP contribution in [0, 0.1) is 0 Å². The first kappa shape index (κ1) is 24.4. The highest BCUT2D eigenvalue weighted by atomic mass is 32.1. The number of carbonyl (C=O) groups is 4. The highest BCUT2D eigenvalue weighted by Crippen LogP contribution is 2.20. The summed E-state index contributed by atoms with van der Waals surface area (Å²) < 4.78 is 5.80. The van der Waals surface area contributed by atoms with Gasteiger partial charge in [-0.25, -0.2) is 5.48 Å². The topological polar surface area (TPSA) is 125 Å². The molecule has 1 atom stereocenters. The molecule has 0 aliphatic carbocycles. The van der Waals surface area contributed by atoms with E-state index in [-0.39, 0.29) is 43.5 Å². The van der Waals surface area contributed by atoms with Crippen LogP contribution in [-0.4, -0.2) is 63.3 Å². The molecule has 0 bridgehead atoms. The molecule has 0 aromatic rings. The Bertz CT molecular complexity index is 608. The van der Waals surface area contributed by atoms with E-state index >= 15 is 0 Å². The number of hydrogen-bond donors (Lipinski definition) is 4. The molecule has 4 amide bonds. The van der Waals surface area contributed by atoms with Gasteiger partial charge in [-0.2, -0.15) is 12.6 Å². The number of thiol groups is 1. The molecule has 1 fully saturated rings. The lowest BCUT2D eigenvalue weighted by Gasteiger charge is -2.30. The van der Waals surface area contributed by atoms with Gasteiger partial charge in [0.05, 0.1) is 10.9 Å². The third kappa shape index (κ3) is 8.15. The number of carbonyl (C=O) groups excluding carboxylic acids is 4. The Kier molecular flexibility index (Phi) is 8.90. The molecule has 1 aliphatic rings. The highest BCUT2D eigenvalue weighted by molar-refractivity contribution is 7.81. The van der Waals surface area contributed by atoms with Crippen LogP contribution in [0.4, 0.5) is 0 Å². The minimum absolute atomic E-state index is 0.0318. The largest absolute Gasteiger partial charge is 0.375 e. The number of nitrogens with zero attached hydrogens (tertiary/aromatic N) is 1. The van der Waals surface area contributed by atoms with Crippen molar-refractivity contribution in [3.63, 3.8) is 0 Å². The maximum Gasteiger partial charge on any atom is 0.243 e. The summed E-state index contributed by atoms with van der Waals surface area (Å²) in [7, 11) is 0. The number of nitrogens with one attached hydrogen (secondary N) is 2. The molecule has 1 unspecified atom stereocenters. The Balaban J connectivity index is 2.36. The number of rotatable bonds is 11. The van der Waals surface area contributed by atoms with Gasteiger partial charge in [-0.05, 0) is 40.5 Å². The van der Waals surface area contributed by atoms with Gasteiger partial charge in [0.1, 0.15) is 0 Å². The number of hydroxylamine groups is 1. The molecule has 0 radical (unpaired) electrons. The Morgan fingerprint density at radius 1 is 1.18 bits per heavy atom. The fraction of sp³-hybridized carbons (Fsp3) is 0.778. The first-order chi connectivity index (χ1) is 12.9. The summed E-state index contributed by atoms with van der Waals surface area (Å²) in [5.41, 5.74) is 0.498. The van der Waals surface area contributed by atoms with Gasteiger partial charge in [0.2, 0.25) is 23.6 Å². The summed E-state index contributed by atoms with van der Waals surface area (Å²) in [6.07, 6.45) is 1.22. The van der Waals surface area contributed by atoms with Crippen LogP contribution in [0.5, 0.6) is 0 Å². The van der Waals surface area contributed by atoms with Crippen LogP contribution in [0.2, 0.25) is 0 Å². The van der Waals surface area contributed by atoms with Gasteiger partial charge in [0.25, 0.3) is 0 Å². The minimum Gasteiger partial charge on any atom is -0.375 e. The van der Waals surface area contributed by atoms with Gasteiger partial charge in [-0.15, -0.1) is 0 Å². The van der Waals surface area contributed by atoms with E-state index in [9.17, 15) is 19.2 Å². The van der Waals surface area contributed by atoms with Crippen molar-refractivity contribution in [1.29, 1.82) is 0 Å². The summed E-state index contributed by atoms with van der Waals surface area (Å²) in [6, 6.07) is 0. The number of imide groups is 1. The number of hydrogen-bond acceptors (Lipinski definition) is 7. The van der Waals surface area contributed by atoms with Crippen molar-refractivity contribution in [2.24, 2.45) is 0 Å². The molecular formula is C18H31N3O6S. The maximum atomic E-state index is 12.2. The van der Waals surface area contributed by atoms with Crippen LogP contribution in [0.15, 0.2) is 0 Å². The average Bonchev–Trinajstić information content (AvgIpc) is 2.82. The third-order valence-corrected chi connectivity index (χ3v) is 4.96. The molecule has 0 aromatic heterocycles. The maximum absolute atomic E-state index is 12.2. The van der Waals surface area contributed by atoms with Crippen LogP contribution in [-0.2, 0) is 23.9 Å². The van der Waals surface area contributed by atoms with Gasteiger partial charge < -0.3 is 10.1 Å². The molecule has 3 N–H and O–H groups in total. The predicted octanol–water partition coefficient (Wildman–Crippen LogP) is 0.800. The number of amides is 4. The predicted molar refractivity (Wildman–Crippen MR) is 105 cm³/mol. The van der Waals surface area contributed by atoms with Crippen LogP contribution in [0.1, 0.15) is 59.8 Å². The second-order valence-corrected chi connectivity index (χ2v) is 8.80. The Labute approximate surface area is 170 Å². The Morgan fingerprint density at radius 2 is 1.82 bits per heavy atom. The summed E-state index contributed by atoms with van der Waals surface area (Å²) in [5, 5.41) is 10.8. The molecule has 1 saturated heterocycles. The molecule has 160 valence electrons. The second kappa shape index (κ2) is 10.2. The second-order valence-electron chi connectivity index (χ2n) is 8.18. The van der Waals surface area contributed by atoms with E-state index in [4.69, 9.17) is 9.94 Å². The van der Waals surface area contributed by atoms with Gasteiger partial charge in [0.15, 0.2) is 0 Å². The van der Waals surface area contributed by atoms with Crippen LogP contribution >= 0.6 is 12.6 Å². The molecule has 10 heteroatoms. The lowest BCUT2D eigenvalue weighted by molar-refractivity contribution is -0.138. The first-order valence-corrected chi connectivity index (χ1v) is 9.79. The molecule has 0 saturated carbocycles. The number of ether oxygens (including phenoxy) is 1. The standard InChI is InChI=1S/C18H31N3O6S/c1-17(2,8-10-27-18(3,4)7-5-14(23)20-26)19-13(22)6-9-21-15(24)11-12(28)16(21)25/h12,26,28H,5-11H2,1-4H3,(H,19,22)(H,20,23). The molecular weight excluding hydrogens is 386 g/mol. The molecule has 28 heavy (non-hydrogen) atoms.